The first kappa shape index (κ1) is 20.2. The average Bonchev–Trinajstić information content (AvgIpc) is 2.12. The molecule has 0 saturated heterocycles. The van der Waals surface area contributed by atoms with Crippen LogP contribution in [0.15, 0.2) is 0 Å². The average molecular weight is 239 g/mol. The molecule has 0 rings (SSSR count). The van der Waals surface area contributed by atoms with Crippen LogP contribution in [0.1, 0.15) is 0 Å². The van der Waals surface area contributed by atoms with Gasteiger partial charge in [0.15, 0.2) is 6.29 Å². The molecule has 0 unspecified atom stereocenters. The van der Waals surface area contributed by atoms with Crippen LogP contribution in [0.5, 0.6) is 0 Å². The Balaban J connectivity index is -0.000000605. The van der Waals surface area contributed by atoms with Crippen molar-refractivity contribution in [2.24, 2.45) is 0 Å². The van der Waals surface area contributed by atoms with Crippen molar-refractivity contribution in [3.05, 3.63) is 0 Å². The molecule has 0 fully saturated rings. The maximum absolute atomic E-state index is 9.90. The van der Waals surface area contributed by atoms with E-state index in [0.29, 0.717) is 0 Å². The van der Waals surface area contributed by atoms with E-state index in [1.807, 2.05) is 0 Å². The molecule has 0 saturated carbocycles. The Kier molecular flexibility index (Phi) is 14.8. The summed E-state index contributed by atoms with van der Waals surface area (Å²) in [6.07, 6.45) is -6.84. The SMILES string of the molecule is O=C[C@H](O)[C@@H](O)[C@@H](O)[C@H](O)CO.[Cl-].[Na+]. The van der Waals surface area contributed by atoms with Crippen LogP contribution in [0.2, 0.25) is 0 Å². The molecule has 6 nitrogen and oxygen atoms in total. The molecule has 0 radical (unpaired) electrons. The summed E-state index contributed by atoms with van der Waals surface area (Å²) in [7, 11) is 0. The Morgan fingerprint density at radius 2 is 1.50 bits per heavy atom. The second-order valence-electron chi connectivity index (χ2n) is 2.36. The van der Waals surface area contributed by atoms with Crippen LogP contribution in [-0.4, -0.2) is 62.8 Å². The van der Waals surface area contributed by atoms with Gasteiger partial charge in [0, 0.05) is 0 Å². The van der Waals surface area contributed by atoms with Gasteiger partial charge in [0.1, 0.15) is 24.4 Å². The molecule has 0 amide bonds. The van der Waals surface area contributed by atoms with Gasteiger partial charge in [-0.05, 0) is 0 Å². The molecule has 0 heterocycles. The predicted octanol–water partition coefficient (Wildman–Crippen LogP) is -9.37. The van der Waals surface area contributed by atoms with E-state index in [1.165, 1.54) is 0 Å². The molecule has 8 heteroatoms. The van der Waals surface area contributed by atoms with Crippen molar-refractivity contribution < 1.29 is 72.3 Å². The molecular weight excluding hydrogens is 227 g/mol. The topological polar surface area (TPSA) is 118 Å². The summed E-state index contributed by atoms with van der Waals surface area (Å²) >= 11 is 0. The number of hydrogen-bond acceptors (Lipinski definition) is 6. The molecule has 14 heavy (non-hydrogen) atoms. The number of halogens is 1. The second kappa shape index (κ2) is 10.3. The zero-order chi connectivity index (χ0) is 9.72. The Hall–Kier alpha value is 0.760. The Labute approximate surface area is 109 Å². The molecule has 0 spiro atoms. The number of aldehydes is 1. The standard InChI is InChI=1S/C6H12O6.ClH.Na/c7-1-3(9)5(11)6(12)4(10)2-8;;/h1,3-6,8-12H,2H2;1H;/q;;+1/p-1/t3-,4+,5+,6-;;/m0../s1. The van der Waals surface area contributed by atoms with E-state index in [0.717, 1.165) is 0 Å². The van der Waals surface area contributed by atoms with Crippen LogP contribution in [-0.2, 0) is 4.79 Å². The molecule has 4 atom stereocenters. The summed E-state index contributed by atoms with van der Waals surface area (Å²) in [6, 6.07) is 0. The van der Waals surface area contributed by atoms with Crippen molar-refractivity contribution >= 4 is 6.29 Å². The fourth-order valence-corrected chi connectivity index (χ4v) is 0.618. The fraction of sp³-hybridized carbons (Fsp3) is 0.833. The number of carbonyl (C=O) groups excluding carboxylic acids is 1. The van der Waals surface area contributed by atoms with E-state index in [9.17, 15) is 4.79 Å². The summed E-state index contributed by atoms with van der Waals surface area (Å²) < 4.78 is 0. The normalized spacial score (nSPS) is 18.1. The maximum atomic E-state index is 9.90. The largest absolute Gasteiger partial charge is 1.00 e. The molecule has 0 aromatic rings. The Morgan fingerprint density at radius 3 is 1.79 bits per heavy atom. The van der Waals surface area contributed by atoms with Gasteiger partial charge in [-0.25, -0.2) is 0 Å². The van der Waals surface area contributed by atoms with Crippen LogP contribution in [0.25, 0.3) is 0 Å². The molecule has 0 aliphatic heterocycles. The first-order chi connectivity index (χ1) is 5.54. The van der Waals surface area contributed by atoms with Gasteiger partial charge in [0.2, 0.25) is 0 Å². The van der Waals surface area contributed by atoms with Gasteiger partial charge in [0.25, 0.3) is 0 Å². The predicted molar refractivity (Wildman–Crippen MR) is 37.2 cm³/mol. The van der Waals surface area contributed by atoms with Gasteiger partial charge < -0.3 is 42.7 Å². The summed E-state index contributed by atoms with van der Waals surface area (Å²) in [5.41, 5.74) is 0. The smallest absolute Gasteiger partial charge is 1.00 e. The molecule has 0 aliphatic carbocycles. The Morgan fingerprint density at radius 1 is 1.07 bits per heavy atom. The molecule has 80 valence electrons. The van der Waals surface area contributed by atoms with E-state index < -0.39 is 31.0 Å². The zero-order valence-electron chi connectivity index (χ0n) is 7.62. The third-order valence-corrected chi connectivity index (χ3v) is 1.42. The zero-order valence-corrected chi connectivity index (χ0v) is 10.4. The van der Waals surface area contributed by atoms with Crippen molar-refractivity contribution in [3.8, 4) is 0 Å². The van der Waals surface area contributed by atoms with Crippen LogP contribution in [0, 0.1) is 0 Å². The van der Waals surface area contributed by atoms with E-state index in [4.69, 9.17) is 25.5 Å². The van der Waals surface area contributed by atoms with E-state index in [1.54, 1.807) is 0 Å². The summed E-state index contributed by atoms with van der Waals surface area (Å²) in [5, 5.41) is 43.5. The van der Waals surface area contributed by atoms with Crippen LogP contribution < -0.4 is 42.0 Å². The van der Waals surface area contributed by atoms with Gasteiger partial charge >= 0.3 is 29.6 Å². The van der Waals surface area contributed by atoms with Gasteiger partial charge in [-0.2, -0.15) is 0 Å². The van der Waals surface area contributed by atoms with Crippen molar-refractivity contribution in [2.45, 2.75) is 24.4 Å². The van der Waals surface area contributed by atoms with Gasteiger partial charge in [-0.15, -0.1) is 0 Å². The minimum atomic E-state index is -1.79. The minimum absolute atomic E-state index is 0. The molecule has 5 N–H and O–H groups in total. The third kappa shape index (κ3) is 6.28. The number of rotatable bonds is 5. The first-order valence-corrected chi connectivity index (χ1v) is 3.33. The fourth-order valence-electron chi connectivity index (χ4n) is 0.618. The monoisotopic (exact) mass is 238 g/mol. The van der Waals surface area contributed by atoms with E-state index in [2.05, 4.69) is 0 Å². The van der Waals surface area contributed by atoms with Crippen molar-refractivity contribution in [2.75, 3.05) is 6.61 Å². The molecule has 0 bridgehead atoms. The van der Waals surface area contributed by atoms with Gasteiger partial charge in [-0.3, -0.25) is 0 Å². The van der Waals surface area contributed by atoms with E-state index >= 15 is 0 Å². The molecule has 0 aromatic carbocycles. The van der Waals surface area contributed by atoms with Crippen molar-refractivity contribution in [3.63, 3.8) is 0 Å². The van der Waals surface area contributed by atoms with Gasteiger partial charge in [-0.1, -0.05) is 0 Å². The van der Waals surface area contributed by atoms with Crippen LogP contribution in [0.4, 0.5) is 0 Å². The van der Waals surface area contributed by atoms with Crippen molar-refractivity contribution in [1.82, 2.24) is 0 Å². The van der Waals surface area contributed by atoms with Gasteiger partial charge in [0.05, 0.1) is 6.61 Å². The van der Waals surface area contributed by atoms with E-state index in [-0.39, 0.29) is 48.3 Å². The second-order valence-corrected chi connectivity index (χ2v) is 2.36. The minimum Gasteiger partial charge on any atom is -1.00 e. The summed E-state index contributed by atoms with van der Waals surface area (Å²) in [4.78, 5) is 9.90. The number of aliphatic hydroxyl groups is 5. The maximum Gasteiger partial charge on any atom is 1.00 e. The number of hydrogen-bond donors (Lipinski definition) is 5. The van der Waals surface area contributed by atoms with Crippen LogP contribution >= 0.6 is 0 Å². The van der Waals surface area contributed by atoms with Crippen molar-refractivity contribution in [1.29, 1.82) is 0 Å². The first-order valence-electron chi connectivity index (χ1n) is 3.33. The quantitative estimate of drug-likeness (QED) is 0.240. The Bertz CT molecular complexity index is 148. The number of carbonyl (C=O) groups is 1. The summed E-state index contributed by atoms with van der Waals surface area (Å²) in [5.74, 6) is 0. The number of aliphatic hydroxyl groups excluding tert-OH is 5. The molecular formula is C6H12ClNaO6. The molecule has 0 aromatic heterocycles. The van der Waals surface area contributed by atoms with Crippen LogP contribution in [0.3, 0.4) is 0 Å². The third-order valence-electron chi connectivity index (χ3n) is 1.42. The molecule has 0 aliphatic rings. The summed E-state index contributed by atoms with van der Waals surface area (Å²) in [6.45, 7) is -0.760.